The molecule has 26 heavy (non-hydrogen) atoms. The van der Waals surface area contributed by atoms with Crippen molar-refractivity contribution in [1.29, 1.82) is 0 Å². The van der Waals surface area contributed by atoms with E-state index in [2.05, 4.69) is 10.2 Å². The van der Waals surface area contributed by atoms with Crippen LogP contribution in [0.3, 0.4) is 0 Å². The van der Waals surface area contributed by atoms with Crippen LogP contribution in [0.4, 0.5) is 0 Å². The summed E-state index contributed by atoms with van der Waals surface area (Å²) in [6, 6.07) is 16.2. The van der Waals surface area contributed by atoms with Crippen molar-refractivity contribution in [3.63, 3.8) is 0 Å². The number of nitrogens with zero attached hydrogens (tertiary/aromatic N) is 2. The van der Waals surface area contributed by atoms with E-state index in [0.29, 0.717) is 30.2 Å². The Bertz CT molecular complexity index is 741. The summed E-state index contributed by atoms with van der Waals surface area (Å²) in [5.41, 5.74) is 1.34. The molecule has 3 rings (SSSR count). The van der Waals surface area contributed by atoms with Gasteiger partial charge in [-0.2, -0.15) is 0 Å². The van der Waals surface area contributed by atoms with E-state index < -0.39 is 0 Å². The Morgan fingerprint density at radius 2 is 1.54 bits per heavy atom. The molecule has 2 aromatic rings. The zero-order chi connectivity index (χ0) is 18.4. The lowest BCUT2D eigenvalue weighted by Crippen LogP contribution is -2.50. The van der Waals surface area contributed by atoms with Crippen molar-refractivity contribution in [2.24, 2.45) is 0 Å². The molecule has 0 aliphatic carbocycles. The second-order valence-electron chi connectivity index (χ2n) is 6.26. The lowest BCUT2D eigenvalue weighted by atomic mass is 10.2. The minimum atomic E-state index is -0.0976. The largest absolute Gasteiger partial charge is 0.351 e. The monoisotopic (exact) mass is 371 g/mol. The van der Waals surface area contributed by atoms with Crippen LogP contribution in [0.15, 0.2) is 54.6 Å². The molecule has 1 aliphatic rings. The van der Waals surface area contributed by atoms with Gasteiger partial charge in [0.15, 0.2) is 0 Å². The smallest absolute Gasteiger partial charge is 0.253 e. The molecule has 0 bridgehead atoms. The molecule has 1 heterocycles. The quantitative estimate of drug-likeness (QED) is 0.878. The third-order valence-electron chi connectivity index (χ3n) is 4.50. The second-order valence-corrected chi connectivity index (χ2v) is 6.70. The molecule has 0 saturated carbocycles. The zero-order valence-corrected chi connectivity index (χ0v) is 15.3. The van der Waals surface area contributed by atoms with Crippen LogP contribution in [0.5, 0.6) is 0 Å². The summed E-state index contributed by atoms with van der Waals surface area (Å²) in [6.45, 7) is 4.39. The van der Waals surface area contributed by atoms with Gasteiger partial charge in [-0.1, -0.05) is 29.8 Å². The molecule has 1 aliphatic heterocycles. The molecular weight excluding hydrogens is 350 g/mol. The summed E-state index contributed by atoms with van der Waals surface area (Å²) in [7, 11) is 0. The Morgan fingerprint density at radius 3 is 2.19 bits per heavy atom. The molecule has 0 spiro atoms. The fourth-order valence-electron chi connectivity index (χ4n) is 2.97. The molecule has 0 radical (unpaired) electrons. The van der Waals surface area contributed by atoms with Gasteiger partial charge in [-0.25, -0.2) is 0 Å². The third-order valence-corrected chi connectivity index (χ3v) is 4.75. The van der Waals surface area contributed by atoms with Gasteiger partial charge in [0.05, 0.1) is 0 Å². The van der Waals surface area contributed by atoms with E-state index in [1.807, 2.05) is 35.2 Å². The van der Waals surface area contributed by atoms with Crippen LogP contribution < -0.4 is 5.32 Å². The summed E-state index contributed by atoms with van der Waals surface area (Å²) in [6.07, 6.45) is 0. The van der Waals surface area contributed by atoms with Crippen molar-refractivity contribution >= 4 is 23.4 Å². The Balaban J connectivity index is 1.39. The summed E-state index contributed by atoms with van der Waals surface area (Å²) in [5.74, 6) is -0.0131. The Hall–Kier alpha value is -2.37. The first kappa shape index (κ1) is 18.4. The van der Waals surface area contributed by atoms with Crippen LogP contribution in [-0.4, -0.2) is 60.9 Å². The lowest BCUT2D eigenvalue weighted by Gasteiger charge is -2.34. The first-order valence-electron chi connectivity index (χ1n) is 8.74. The van der Waals surface area contributed by atoms with Gasteiger partial charge in [-0.3, -0.25) is 14.5 Å². The number of amides is 2. The van der Waals surface area contributed by atoms with Crippen molar-refractivity contribution in [3.05, 3.63) is 70.7 Å². The molecule has 6 heteroatoms. The molecule has 2 amide bonds. The van der Waals surface area contributed by atoms with E-state index in [1.54, 1.807) is 24.3 Å². The highest BCUT2D eigenvalue weighted by molar-refractivity contribution is 6.30. The molecule has 136 valence electrons. The first-order valence-corrected chi connectivity index (χ1v) is 9.12. The molecule has 1 fully saturated rings. The summed E-state index contributed by atoms with van der Waals surface area (Å²) in [4.78, 5) is 28.6. The highest BCUT2D eigenvalue weighted by atomic mass is 35.5. The number of nitrogens with one attached hydrogen (secondary N) is 1. The maximum atomic E-state index is 12.4. The molecule has 5 nitrogen and oxygen atoms in total. The molecule has 1 N–H and O–H groups in total. The van der Waals surface area contributed by atoms with Crippen molar-refractivity contribution in [3.8, 4) is 0 Å². The number of hydrogen-bond acceptors (Lipinski definition) is 3. The standard InChI is InChI=1S/C20H22ClN3O2/c21-18-8-6-16(7-9-18)19(25)22-10-11-23-12-14-24(15-13-23)20(26)17-4-2-1-3-5-17/h1-9H,10-15H2,(H,22,25). The van der Waals surface area contributed by atoms with Crippen LogP contribution in [-0.2, 0) is 0 Å². The number of carbonyl (C=O) groups is 2. The maximum Gasteiger partial charge on any atom is 0.253 e. The van der Waals surface area contributed by atoms with Gasteiger partial charge in [-0.05, 0) is 36.4 Å². The molecule has 0 aromatic heterocycles. The number of benzene rings is 2. The fourth-order valence-corrected chi connectivity index (χ4v) is 3.09. The molecule has 1 saturated heterocycles. The minimum Gasteiger partial charge on any atom is -0.351 e. The molecule has 2 aromatic carbocycles. The maximum absolute atomic E-state index is 12.4. The Kier molecular flexibility index (Phi) is 6.26. The van der Waals surface area contributed by atoms with Gasteiger partial charge in [0.25, 0.3) is 11.8 Å². The van der Waals surface area contributed by atoms with Gasteiger partial charge < -0.3 is 10.2 Å². The Labute approximate surface area is 158 Å². The first-order chi connectivity index (χ1) is 12.6. The van der Waals surface area contributed by atoms with E-state index in [-0.39, 0.29) is 11.8 Å². The zero-order valence-electron chi connectivity index (χ0n) is 14.5. The molecule has 0 atom stereocenters. The van der Waals surface area contributed by atoms with E-state index in [4.69, 9.17) is 11.6 Å². The lowest BCUT2D eigenvalue weighted by molar-refractivity contribution is 0.0638. The molecular formula is C20H22ClN3O2. The van der Waals surface area contributed by atoms with E-state index in [0.717, 1.165) is 25.2 Å². The van der Waals surface area contributed by atoms with Crippen LogP contribution in [0.25, 0.3) is 0 Å². The van der Waals surface area contributed by atoms with Gasteiger partial charge in [-0.15, -0.1) is 0 Å². The Morgan fingerprint density at radius 1 is 0.885 bits per heavy atom. The highest BCUT2D eigenvalue weighted by Gasteiger charge is 2.21. The van der Waals surface area contributed by atoms with Crippen molar-refractivity contribution < 1.29 is 9.59 Å². The van der Waals surface area contributed by atoms with E-state index in [9.17, 15) is 9.59 Å². The summed E-state index contributed by atoms with van der Waals surface area (Å²) < 4.78 is 0. The van der Waals surface area contributed by atoms with Crippen LogP contribution in [0.1, 0.15) is 20.7 Å². The van der Waals surface area contributed by atoms with Gasteiger partial charge >= 0.3 is 0 Å². The average Bonchev–Trinajstić information content (AvgIpc) is 2.69. The average molecular weight is 372 g/mol. The van der Waals surface area contributed by atoms with Gasteiger partial charge in [0.2, 0.25) is 0 Å². The van der Waals surface area contributed by atoms with Gasteiger partial charge in [0.1, 0.15) is 0 Å². The van der Waals surface area contributed by atoms with Crippen molar-refractivity contribution in [1.82, 2.24) is 15.1 Å². The van der Waals surface area contributed by atoms with Crippen LogP contribution in [0, 0.1) is 0 Å². The van der Waals surface area contributed by atoms with E-state index >= 15 is 0 Å². The predicted molar refractivity (Wildman–Crippen MR) is 103 cm³/mol. The third kappa shape index (κ3) is 4.84. The second kappa shape index (κ2) is 8.83. The fraction of sp³-hybridized carbons (Fsp3) is 0.300. The minimum absolute atomic E-state index is 0.0845. The number of carbonyl (C=O) groups excluding carboxylic acids is 2. The predicted octanol–water partition coefficient (Wildman–Crippen LogP) is 2.53. The van der Waals surface area contributed by atoms with Gasteiger partial charge in [0, 0.05) is 55.4 Å². The number of halogens is 1. The highest BCUT2D eigenvalue weighted by Crippen LogP contribution is 2.10. The normalized spacial score (nSPS) is 14.9. The topological polar surface area (TPSA) is 52.7 Å². The van der Waals surface area contributed by atoms with Crippen LogP contribution in [0.2, 0.25) is 5.02 Å². The molecule has 0 unspecified atom stereocenters. The number of piperazine rings is 1. The SMILES string of the molecule is O=C(NCCN1CCN(C(=O)c2ccccc2)CC1)c1ccc(Cl)cc1. The van der Waals surface area contributed by atoms with Crippen molar-refractivity contribution in [2.75, 3.05) is 39.3 Å². The van der Waals surface area contributed by atoms with E-state index in [1.165, 1.54) is 0 Å². The van der Waals surface area contributed by atoms with Crippen LogP contribution >= 0.6 is 11.6 Å². The van der Waals surface area contributed by atoms with Crippen molar-refractivity contribution in [2.45, 2.75) is 0 Å². The summed E-state index contributed by atoms with van der Waals surface area (Å²) >= 11 is 5.83. The number of hydrogen-bond donors (Lipinski definition) is 1. The number of rotatable bonds is 5. The summed E-state index contributed by atoms with van der Waals surface area (Å²) in [5, 5.41) is 3.54.